The molecule has 2 heteroatoms. The quantitative estimate of drug-likeness (QED) is 0.712. The summed E-state index contributed by atoms with van der Waals surface area (Å²) in [5, 5.41) is 9.31. The van der Waals surface area contributed by atoms with Crippen LogP contribution in [-0.2, 0) is 6.42 Å². The predicted octanol–water partition coefficient (Wildman–Crippen LogP) is 4.57. The van der Waals surface area contributed by atoms with Crippen LogP contribution in [0, 0.1) is 0 Å². The zero-order valence-electron chi connectivity index (χ0n) is 11.8. The van der Waals surface area contributed by atoms with E-state index < -0.39 is 0 Å². The lowest BCUT2D eigenvalue weighted by Crippen LogP contribution is -1.97. The minimum absolute atomic E-state index is 0.255. The average Bonchev–Trinajstić information content (AvgIpc) is 2.47. The van der Waals surface area contributed by atoms with Crippen molar-refractivity contribution >= 4 is 0 Å². The van der Waals surface area contributed by atoms with Crippen LogP contribution < -0.4 is 4.74 Å². The highest BCUT2D eigenvalue weighted by Crippen LogP contribution is 2.18. The summed E-state index contributed by atoms with van der Waals surface area (Å²) in [4.78, 5) is 0. The largest absolute Gasteiger partial charge is 0.508 e. The Morgan fingerprint density at radius 3 is 2.40 bits per heavy atom. The molecule has 0 aliphatic carbocycles. The fourth-order valence-corrected chi connectivity index (χ4v) is 2.19. The van der Waals surface area contributed by atoms with E-state index in [1.165, 1.54) is 24.8 Å². The third-order valence-electron chi connectivity index (χ3n) is 3.29. The Bertz CT molecular complexity index is 494. The van der Waals surface area contributed by atoms with Crippen LogP contribution in [0.1, 0.15) is 31.2 Å². The van der Waals surface area contributed by atoms with Gasteiger partial charge >= 0.3 is 0 Å². The Balaban J connectivity index is 1.52. The lowest BCUT2D eigenvalue weighted by molar-refractivity contribution is 0.303. The molecule has 0 aromatic heterocycles. The maximum Gasteiger partial charge on any atom is 0.122 e. The molecule has 0 fully saturated rings. The third kappa shape index (κ3) is 5.35. The van der Waals surface area contributed by atoms with Gasteiger partial charge in [0, 0.05) is 6.07 Å². The van der Waals surface area contributed by atoms with Gasteiger partial charge in [0.2, 0.25) is 0 Å². The van der Waals surface area contributed by atoms with E-state index >= 15 is 0 Å². The summed E-state index contributed by atoms with van der Waals surface area (Å²) in [5.41, 5.74) is 1.42. The fraction of sp³-hybridized carbons (Fsp3) is 0.333. The van der Waals surface area contributed by atoms with Gasteiger partial charge in [0.05, 0.1) is 6.61 Å². The van der Waals surface area contributed by atoms with E-state index in [0.29, 0.717) is 0 Å². The second-order valence-electron chi connectivity index (χ2n) is 5.00. The van der Waals surface area contributed by atoms with Crippen LogP contribution in [0.4, 0.5) is 0 Å². The summed E-state index contributed by atoms with van der Waals surface area (Å²) in [5.74, 6) is 1.000. The topological polar surface area (TPSA) is 29.5 Å². The fourth-order valence-electron chi connectivity index (χ4n) is 2.19. The van der Waals surface area contributed by atoms with Crippen LogP contribution in [0.15, 0.2) is 54.6 Å². The summed E-state index contributed by atoms with van der Waals surface area (Å²) in [6.45, 7) is 0.717. The van der Waals surface area contributed by atoms with Gasteiger partial charge in [-0.3, -0.25) is 0 Å². The number of rotatable bonds is 8. The molecule has 20 heavy (non-hydrogen) atoms. The second-order valence-corrected chi connectivity index (χ2v) is 5.00. The number of unbranched alkanes of at least 4 members (excludes halogenated alkanes) is 3. The highest BCUT2D eigenvalue weighted by atomic mass is 16.5. The molecule has 1 N–H and O–H groups in total. The van der Waals surface area contributed by atoms with Crippen molar-refractivity contribution in [3.8, 4) is 11.5 Å². The molecule has 2 nitrogen and oxygen atoms in total. The van der Waals surface area contributed by atoms with E-state index in [1.807, 2.05) is 6.07 Å². The zero-order chi connectivity index (χ0) is 14.0. The van der Waals surface area contributed by atoms with E-state index in [2.05, 4.69) is 30.3 Å². The van der Waals surface area contributed by atoms with E-state index in [-0.39, 0.29) is 5.75 Å². The molecule has 0 atom stereocenters. The number of hydrogen-bond donors (Lipinski definition) is 1. The average molecular weight is 270 g/mol. The summed E-state index contributed by atoms with van der Waals surface area (Å²) >= 11 is 0. The molecule has 0 amide bonds. The summed E-state index contributed by atoms with van der Waals surface area (Å²) in [6.07, 6.45) is 5.87. The standard InChI is InChI=1S/C18H22O2/c19-17-12-8-13-18(15-17)20-14-7-2-1-4-9-16-10-5-3-6-11-16/h3,5-6,8,10-13,15,19H,1-2,4,7,9,14H2. The molecule has 2 aromatic carbocycles. The molecule has 0 aliphatic rings. The molecule has 0 spiro atoms. The summed E-state index contributed by atoms with van der Waals surface area (Å²) in [7, 11) is 0. The minimum Gasteiger partial charge on any atom is -0.508 e. The van der Waals surface area contributed by atoms with Crippen molar-refractivity contribution in [3.05, 3.63) is 60.2 Å². The monoisotopic (exact) mass is 270 g/mol. The van der Waals surface area contributed by atoms with Crippen LogP contribution >= 0.6 is 0 Å². The van der Waals surface area contributed by atoms with Crippen molar-refractivity contribution in [2.75, 3.05) is 6.61 Å². The first kappa shape index (κ1) is 14.4. The number of aromatic hydroxyl groups is 1. The number of hydrogen-bond acceptors (Lipinski definition) is 2. The maximum atomic E-state index is 9.31. The zero-order valence-corrected chi connectivity index (χ0v) is 11.8. The van der Waals surface area contributed by atoms with Crippen molar-refractivity contribution in [2.24, 2.45) is 0 Å². The van der Waals surface area contributed by atoms with Gasteiger partial charge in [0.1, 0.15) is 11.5 Å². The normalized spacial score (nSPS) is 10.4. The van der Waals surface area contributed by atoms with Crippen LogP contribution in [-0.4, -0.2) is 11.7 Å². The van der Waals surface area contributed by atoms with Gasteiger partial charge in [0.25, 0.3) is 0 Å². The first-order valence-electron chi connectivity index (χ1n) is 7.30. The number of benzene rings is 2. The van der Waals surface area contributed by atoms with Gasteiger partial charge < -0.3 is 9.84 Å². The molecule has 2 rings (SSSR count). The van der Waals surface area contributed by atoms with Crippen molar-refractivity contribution in [1.29, 1.82) is 0 Å². The molecule has 2 aromatic rings. The molecule has 106 valence electrons. The third-order valence-corrected chi connectivity index (χ3v) is 3.29. The van der Waals surface area contributed by atoms with Gasteiger partial charge in [-0.05, 0) is 37.0 Å². The minimum atomic E-state index is 0.255. The molecular formula is C18H22O2. The SMILES string of the molecule is Oc1cccc(OCCCCCCc2ccccc2)c1. The van der Waals surface area contributed by atoms with Gasteiger partial charge in [-0.15, -0.1) is 0 Å². The molecule has 0 heterocycles. The first-order chi connectivity index (χ1) is 9.84. The van der Waals surface area contributed by atoms with E-state index in [4.69, 9.17) is 4.74 Å². The van der Waals surface area contributed by atoms with Crippen molar-refractivity contribution in [2.45, 2.75) is 32.1 Å². The number of phenols is 1. The Morgan fingerprint density at radius 1 is 0.800 bits per heavy atom. The Kier molecular flexibility index (Phi) is 5.97. The Morgan fingerprint density at radius 2 is 1.60 bits per heavy atom. The molecular weight excluding hydrogens is 248 g/mol. The van der Waals surface area contributed by atoms with Crippen molar-refractivity contribution in [1.82, 2.24) is 0 Å². The Labute approximate surface area is 121 Å². The smallest absolute Gasteiger partial charge is 0.122 e. The number of ether oxygens (including phenoxy) is 1. The van der Waals surface area contributed by atoms with Crippen LogP contribution in [0.5, 0.6) is 11.5 Å². The predicted molar refractivity (Wildman–Crippen MR) is 82.2 cm³/mol. The number of aryl methyl sites for hydroxylation is 1. The van der Waals surface area contributed by atoms with Crippen LogP contribution in [0.3, 0.4) is 0 Å². The summed E-state index contributed by atoms with van der Waals surface area (Å²) < 4.78 is 5.59. The molecule has 0 radical (unpaired) electrons. The summed E-state index contributed by atoms with van der Waals surface area (Å²) in [6, 6.07) is 17.6. The van der Waals surface area contributed by atoms with E-state index in [9.17, 15) is 5.11 Å². The van der Waals surface area contributed by atoms with E-state index in [0.717, 1.165) is 25.2 Å². The van der Waals surface area contributed by atoms with Crippen LogP contribution in [0.2, 0.25) is 0 Å². The molecule has 0 aliphatic heterocycles. The molecule has 0 unspecified atom stereocenters. The van der Waals surface area contributed by atoms with Crippen molar-refractivity contribution in [3.63, 3.8) is 0 Å². The van der Waals surface area contributed by atoms with Gasteiger partial charge in [-0.2, -0.15) is 0 Å². The van der Waals surface area contributed by atoms with Crippen molar-refractivity contribution < 1.29 is 9.84 Å². The lowest BCUT2D eigenvalue weighted by atomic mass is 10.1. The van der Waals surface area contributed by atoms with E-state index in [1.54, 1.807) is 18.2 Å². The van der Waals surface area contributed by atoms with Gasteiger partial charge in [-0.1, -0.05) is 49.2 Å². The Hall–Kier alpha value is -1.96. The van der Waals surface area contributed by atoms with Gasteiger partial charge in [-0.25, -0.2) is 0 Å². The molecule has 0 saturated carbocycles. The maximum absolute atomic E-state index is 9.31. The second kappa shape index (κ2) is 8.26. The number of phenolic OH excluding ortho intramolecular Hbond substituents is 1. The first-order valence-corrected chi connectivity index (χ1v) is 7.30. The van der Waals surface area contributed by atoms with Crippen LogP contribution in [0.25, 0.3) is 0 Å². The van der Waals surface area contributed by atoms with Gasteiger partial charge in [0.15, 0.2) is 0 Å². The lowest BCUT2D eigenvalue weighted by Gasteiger charge is -2.06. The highest BCUT2D eigenvalue weighted by Gasteiger charge is 1.96. The molecule has 0 bridgehead atoms. The highest BCUT2D eigenvalue weighted by molar-refractivity contribution is 5.31. The molecule has 0 saturated heterocycles.